The molecule has 0 bridgehead atoms. The van der Waals surface area contributed by atoms with Gasteiger partial charge in [-0.2, -0.15) is 0 Å². The molecule has 0 saturated carbocycles. The predicted octanol–water partition coefficient (Wildman–Crippen LogP) is 2.08. The highest BCUT2D eigenvalue weighted by Gasteiger charge is 2.21. The van der Waals surface area contributed by atoms with Gasteiger partial charge in [0, 0.05) is 63.6 Å². The van der Waals surface area contributed by atoms with Gasteiger partial charge in [-0.25, -0.2) is 9.78 Å². The second kappa shape index (κ2) is 8.88. The molecule has 1 fully saturated rings. The number of nitrogens with zero attached hydrogens (tertiary/aromatic N) is 6. The lowest BCUT2D eigenvalue weighted by Crippen LogP contribution is -2.49. The lowest BCUT2D eigenvalue weighted by Gasteiger charge is -2.39. The number of halogens is 1. The van der Waals surface area contributed by atoms with Crippen LogP contribution in [0.5, 0.6) is 0 Å². The molecule has 3 heterocycles. The smallest absolute Gasteiger partial charge is 0.332 e. The lowest BCUT2D eigenvalue weighted by atomic mass is 10.1. The first-order valence-electron chi connectivity index (χ1n) is 10.7. The Bertz CT molecular complexity index is 1190. The van der Waals surface area contributed by atoms with E-state index in [2.05, 4.69) is 27.8 Å². The minimum Gasteiger partial charge on any atom is -0.369 e. The van der Waals surface area contributed by atoms with Crippen molar-refractivity contribution in [3.05, 3.63) is 56.5 Å². The first-order chi connectivity index (χ1) is 14.9. The number of hydrogen-bond acceptors (Lipinski definition) is 5. The first kappa shape index (κ1) is 21.6. The van der Waals surface area contributed by atoms with Crippen molar-refractivity contribution < 1.29 is 0 Å². The highest BCUT2D eigenvalue weighted by atomic mass is 35.5. The molecule has 0 radical (unpaired) electrons. The summed E-state index contributed by atoms with van der Waals surface area (Å²) in [6.45, 7) is 6.98. The number of piperazine rings is 1. The number of anilines is 1. The Labute approximate surface area is 186 Å². The van der Waals surface area contributed by atoms with Crippen molar-refractivity contribution in [2.75, 3.05) is 31.1 Å². The summed E-state index contributed by atoms with van der Waals surface area (Å²) in [6.07, 6.45) is 3.63. The van der Waals surface area contributed by atoms with Gasteiger partial charge in [0.25, 0.3) is 5.56 Å². The van der Waals surface area contributed by atoms with Gasteiger partial charge >= 0.3 is 5.69 Å². The number of aryl methyl sites for hydroxylation is 2. The van der Waals surface area contributed by atoms with Crippen LogP contribution in [-0.2, 0) is 20.6 Å². The van der Waals surface area contributed by atoms with Crippen molar-refractivity contribution in [2.45, 2.75) is 32.4 Å². The molecule has 8 nitrogen and oxygen atoms in total. The normalized spacial score (nSPS) is 16.2. The molecule has 166 valence electrons. The molecule has 3 aromatic rings. The molecule has 1 saturated heterocycles. The summed E-state index contributed by atoms with van der Waals surface area (Å²) in [6, 6.07) is 8.50. The summed E-state index contributed by atoms with van der Waals surface area (Å²) in [4.78, 5) is 33.9. The van der Waals surface area contributed by atoms with Crippen LogP contribution in [0.3, 0.4) is 0 Å². The van der Waals surface area contributed by atoms with Crippen molar-refractivity contribution >= 4 is 28.5 Å². The highest BCUT2D eigenvalue weighted by molar-refractivity contribution is 6.30. The molecule has 2 aromatic heterocycles. The van der Waals surface area contributed by atoms with Crippen LogP contribution in [0.2, 0.25) is 5.02 Å². The van der Waals surface area contributed by atoms with E-state index in [4.69, 9.17) is 11.6 Å². The molecule has 4 rings (SSSR count). The van der Waals surface area contributed by atoms with Crippen molar-refractivity contribution in [2.24, 2.45) is 14.1 Å². The van der Waals surface area contributed by atoms with Crippen molar-refractivity contribution in [3.63, 3.8) is 0 Å². The molecule has 0 amide bonds. The van der Waals surface area contributed by atoms with Crippen molar-refractivity contribution in [3.8, 4) is 0 Å². The lowest BCUT2D eigenvalue weighted by molar-refractivity contribution is 0.185. The Kier molecular flexibility index (Phi) is 6.20. The van der Waals surface area contributed by atoms with E-state index in [0.717, 1.165) is 48.6 Å². The Morgan fingerprint density at radius 2 is 1.84 bits per heavy atom. The van der Waals surface area contributed by atoms with Gasteiger partial charge in [0.05, 0.1) is 6.33 Å². The molecular weight excluding hydrogens is 416 g/mol. The van der Waals surface area contributed by atoms with Crippen LogP contribution in [0.25, 0.3) is 11.2 Å². The van der Waals surface area contributed by atoms with Gasteiger partial charge in [-0.15, -0.1) is 0 Å². The molecule has 1 unspecified atom stereocenters. The fourth-order valence-electron chi connectivity index (χ4n) is 4.40. The first-order valence-corrected chi connectivity index (χ1v) is 11.1. The molecule has 0 aliphatic carbocycles. The summed E-state index contributed by atoms with van der Waals surface area (Å²) in [5, 5.41) is 0.773. The third kappa shape index (κ3) is 4.27. The molecule has 0 N–H and O–H groups in total. The molecule has 1 aromatic carbocycles. The summed E-state index contributed by atoms with van der Waals surface area (Å²) < 4.78 is 4.44. The van der Waals surface area contributed by atoms with E-state index in [1.807, 2.05) is 22.8 Å². The van der Waals surface area contributed by atoms with Crippen LogP contribution in [0.1, 0.15) is 19.8 Å². The maximum Gasteiger partial charge on any atom is 0.332 e. The topological polar surface area (TPSA) is 68.3 Å². The highest BCUT2D eigenvalue weighted by Crippen LogP contribution is 2.22. The number of imidazole rings is 1. The van der Waals surface area contributed by atoms with Crippen LogP contribution < -0.4 is 16.1 Å². The molecule has 9 heteroatoms. The van der Waals surface area contributed by atoms with Gasteiger partial charge in [-0.05, 0) is 38.0 Å². The van der Waals surface area contributed by atoms with E-state index in [9.17, 15) is 9.59 Å². The number of rotatable bonds is 6. The molecule has 0 spiro atoms. The molecule has 31 heavy (non-hydrogen) atoms. The second-order valence-electron chi connectivity index (χ2n) is 8.31. The number of benzene rings is 1. The SMILES string of the molecule is CC(CCCn1cnc2c1c(=O)n(C)c(=O)n2C)N1CCN(c2cccc(Cl)c2)CC1. The number of hydrogen-bond donors (Lipinski definition) is 0. The van der Waals surface area contributed by atoms with Crippen LogP contribution in [0.15, 0.2) is 40.2 Å². The Balaban J connectivity index is 1.34. The summed E-state index contributed by atoms with van der Waals surface area (Å²) >= 11 is 6.13. The van der Waals surface area contributed by atoms with E-state index in [-0.39, 0.29) is 11.2 Å². The second-order valence-corrected chi connectivity index (χ2v) is 8.75. The van der Waals surface area contributed by atoms with E-state index >= 15 is 0 Å². The van der Waals surface area contributed by atoms with Gasteiger partial charge in [0.2, 0.25) is 0 Å². The number of fused-ring (bicyclic) bond motifs is 1. The molecule has 1 aliphatic rings. The van der Waals surface area contributed by atoms with E-state index in [1.54, 1.807) is 13.4 Å². The largest absolute Gasteiger partial charge is 0.369 e. The molecule has 1 aliphatic heterocycles. The van der Waals surface area contributed by atoms with Gasteiger partial charge in [-0.3, -0.25) is 18.8 Å². The minimum absolute atomic E-state index is 0.291. The van der Waals surface area contributed by atoms with Gasteiger partial charge in [0.1, 0.15) is 0 Å². The maximum atomic E-state index is 12.6. The average molecular weight is 445 g/mol. The summed E-state index contributed by atoms with van der Waals surface area (Å²) in [7, 11) is 3.15. The van der Waals surface area contributed by atoms with Crippen LogP contribution >= 0.6 is 11.6 Å². The van der Waals surface area contributed by atoms with Crippen molar-refractivity contribution in [1.29, 1.82) is 0 Å². The zero-order valence-corrected chi connectivity index (χ0v) is 19.0. The van der Waals surface area contributed by atoms with E-state index in [0.29, 0.717) is 23.8 Å². The maximum absolute atomic E-state index is 12.6. The zero-order chi connectivity index (χ0) is 22.1. The van der Waals surface area contributed by atoms with Gasteiger partial charge in [0.15, 0.2) is 11.2 Å². The molecular formula is C22H29ClN6O2. The quantitative estimate of drug-likeness (QED) is 0.582. The average Bonchev–Trinajstić information content (AvgIpc) is 3.20. The number of aromatic nitrogens is 4. The Hall–Kier alpha value is -2.58. The summed E-state index contributed by atoms with van der Waals surface area (Å²) in [5.74, 6) is 0. The Morgan fingerprint density at radius 1 is 1.10 bits per heavy atom. The van der Waals surface area contributed by atoms with E-state index < -0.39 is 0 Å². The van der Waals surface area contributed by atoms with Gasteiger partial charge < -0.3 is 9.47 Å². The zero-order valence-electron chi connectivity index (χ0n) is 18.3. The van der Waals surface area contributed by atoms with Crippen LogP contribution in [-0.4, -0.2) is 55.8 Å². The van der Waals surface area contributed by atoms with Gasteiger partial charge in [-0.1, -0.05) is 17.7 Å². The standard InChI is InChI=1S/C22H29ClN6O2/c1-16(27-10-12-28(13-11-27)18-8-4-7-17(23)14-18)6-5-9-29-15-24-20-19(29)21(30)26(3)22(31)25(20)2/h4,7-8,14-16H,5-6,9-13H2,1-3H3. The third-order valence-electron chi connectivity index (χ3n) is 6.35. The van der Waals surface area contributed by atoms with Crippen LogP contribution in [0, 0.1) is 0 Å². The summed E-state index contributed by atoms with van der Waals surface area (Å²) in [5.41, 5.74) is 1.47. The predicted molar refractivity (Wildman–Crippen MR) is 124 cm³/mol. The Morgan fingerprint density at radius 3 is 2.55 bits per heavy atom. The van der Waals surface area contributed by atoms with Crippen molar-refractivity contribution in [1.82, 2.24) is 23.6 Å². The fraction of sp³-hybridized carbons (Fsp3) is 0.500. The van der Waals surface area contributed by atoms with E-state index in [1.165, 1.54) is 17.3 Å². The van der Waals surface area contributed by atoms with Crippen LogP contribution in [0.4, 0.5) is 5.69 Å². The molecule has 1 atom stereocenters. The fourth-order valence-corrected chi connectivity index (χ4v) is 4.58. The minimum atomic E-state index is -0.353. The monoisotopic (exact) mass is 444 g/mol. The third-order valence-corrected chi connectivity index (χ3v) is 6.58.